The normalized spacial score (nSPS) is 12.5. The number of aryl methyl sites for hydroxylation is 4. The maximum atomic E-state index is 5.64. The van der Waals surface area contributed by atoms with Gasteiger partial charge in [-0.3, -0.25) is 4.68 Å². The van der Waals surface area contributed by atoms with Crippen LogP contribution in [0.25, 0.3) is 0 Å². The third kappa shape index (κ3) is 3.10. The van der Waals surface area contributed by atoms with Gasteiger partial charge in [0.1, 0.15) is 5.75 Å². The van der Waals surface area contributed by atoms with Crippen LogP contribution in [0, 0.1) is 20.8 Å². The maximum Gasteiger partial charge on any atom is 0.124 e. The number of methoxy groups -OCH3 is 1. The van der Waals surface area contributed by atoms with Gasteiger partial charge in [-0.25, -0.2) is 0 Å². The molecule has 4 heteroatoms. The number of aromatic nitrogens is 2. The van der Waals surface area contributed by atoms with Gasteiger partial charge in [0.25, 0.3) is 0 Å². The van der Waals surface area contributed by atoms with Crippen molar-refractivity contribution in [2.75, 3.05) is 13.7 Å². The second kappa shape index (κ2) is 6.31. The van der Waals surface area contributed by atoms with E-state index < -0.39 is 0 Å². The highest BCUT2D eigenvalue weighted by molar-refractivity contribution is 5.49. The Kier molecular flexibility index (Phi) is 4.68. The van der Waals surface area contributed by atoms with Crippen LogP contribution in [0.2, 0.25) is 0 Å². The molecule has 2 aromatic rings. The average molecular weight is 287 g/mol. The first-order chi connectivity index (χ1) is 9.97. The highest BCUT2D eigenvalue weighted by atomic mass is 16.5. The van der Waals surface area contributed by atoms with Crippen LogP contribution in [0.1, 0.15) is 40.9 Å². The molecule has 0 fully saturated rings. The largest absolute Gasteiger partial charge is 0.496 e. The fourth-order valence-corrected chi connectivity index (χ4v) is 2.95. The Bertz CT molecular complexity index is 631. The number of rotatable bonds is 5. The SMILES string of the molecule is CCNC(c1cn(C)nc1C)c1c(C)cc(C)cc1OC. The van der Waals surface area contributed by atoms with Crippen molar-refractivity contribution < 1.29 is 4.74 Å². The molecule has 0 radical (unpaired) electrons. The van der Waals surface area contributed by atoms with Gasteiger partial charge < -0.3 is 10.1 Å². The van der Waals surface area contributed by atoms with E-state index in [-0.39, 0.29) is 6.04 Å². The van der Waals surface area contributed by atoms with Gasteiger partial charge in [0.15, 0.2) is 0 Å². The Hall–Kier alpha value is -1.81. The van der Waals surface area contributed by atoms with Crippen molar-refractivity contribution in [1.29, 1.82) is 0 Å². The van der Waals surface area contributed by atoms with Crippen LogP contribution >= 0.6 is 0 Å². The molecule has 1 aromatic carbocycles. The lowest BCUT2D eigenvalue weighted by atomic mass is 9.93. The van der Waals surface area contributed by atoms with Gasteiger partial charge in [0, 0.05) is 24.4 Å². The maximum absolute atomic E-state index is 5.64. The lowest BCUT2D eigenvalue weighted by molar-refractivity contribution is 0.403. The molecule has 0 saturated heterocycles. The molecule has 0 spiro atoms. The van der Waals surface area contributed by atoms with E-state index in [9.17, 15) is 0 Å². The van der Waals surface area contributed by atoms with Crippen molar-refractivity contribution in [3.63, 3.8) is 0 Å². The molecule has 1 heterocycles. The van der Waals surface area contributed by atoms with Crippen molar-refractivity contribution in [3.05, 3.63) is 46.3 Å². The monoisotopic (exact) mass is 287 g/mol. The van der Waals surface area contributed by atoms with Gasteiger partial charge in [-0.05, 0) is 44.5 Å². The summed E-state index contributed by atoms with van der Waals surface area (Å²) in [5, 5.41) is 8.05. The summed E-state index contributed by atoms with van der Waals surface area (Å²) < 4.78 is 7.50. The molecule has 114 valence electrons. The molecular formula is C17H25N3O. The van der Waals surface area contributed by atoms with E-state index in [2.05, 4.69) is 56.4 Å². The number of hydrogen-bond donors (Lipinski definition) is 1. The van der Waals surface area contributed by atoms with E-state index in [0.717, 1.165) is 18.0 Å². The Morgan fingerprint density at radius 2 is 2.00 bits per heavy atom. The standard InChI is InChI=1S/C17H25N3O/c1-7-18-17(14-10-20(5)19-13(14)4)16-12(3)8-11(2)9-15(16)21-6/h8-10,17-18H,7H2,1-6H3. The predicted molar refractivity (Wildman–Crippen MR) is 85.9 cm³/mol. The summed E-state index contributed by atoms with van der Waals surface area (Å²) in [6, 6.07) is 4.39. The van der Waals surface area contributed by atoms with Gasteiger partial charge in [0.05, 0.1) is 18.8 Å². The van der Waals surface area contributed by atoms with Crippen molar-refractivity contribution >= 4 is 0 Å². The Balaban J connectivity index is 2.60. The number of nitrogens with one attached hydrogen (secondary N) is 1. The van der Waals surface area contributed by atoms with E-state index in [1.807, 2.05) is 11.7 Å². The first-order valence-electron chi connectivity index (χ1n) is 7.36. The second-order valence-electron chi connectivity index (χ2n) is 5.53. The highest BCUT2D eigenvalue weighted by Crippen LogP contribution is 2.34. The van der Waals surface area contributed by atoms with E-state index in [1.165, 1.54) is 22.3 Å². The lowest BCUT2D eigenvalue weighted by Gasteiger charge is -2.23. The lowest BCUT2D eigenvalue weighted by Crippen LogP contribution is -2.24. The number of nitrogens with zero attached hydrogens (tertiary/aromatic N) is 2. The Labute approximate surface area is 127 Å². The predicted octanol–water partition coefficient (Wildman–Crippen LogP) is 3.05. The van der Waals surface area contributed by atoms with Crippen LogP contribution in [-0.2, 0) is 7.05 Å². The molecule has 0 amide bonds. The summed E-state index contributed by atoms with van der Waals surface area (Å²) in [5.74, 6) is 0.932. The van der Waals surface area contributed by atoms with E-state index in [0.29, 0.717) is 0 Å². The van der Waals surface area contributed by atoms with Gasteiger partial charge in [-0.15, -0.1) is 0 Å². The molecule has 4 nitrogen and oxygen atoms in total. The topological polar surface area (TPSA) is 39.1 Å². The molecule has 1 aromatic heterocycles. The van der Waals surface area contributed by atoms with Crippen LogP contribution in [0.5, 0.6) is 5.75 Å². The van der Waals surface area contributed by atoms with E-state index in [1.54, 1.807) is 7.11 Å². The summed E-state index contributed by atoms with van der Waals surface area (Å²) in [6.07, 6.45) is 2.08. The molecule has 0 aliphatic rings. The molecular weight excluding hydrogens is 262 g/mol. The minimum Gasteiger partial charge on any atom is -0.496 e. The molecule has 1 N–H and O–H groups in total. The fraction of sp³-hybridized carbons (Fsp3) is 0.471. The van der Waals surface area contributed by atoms with Crippen LogP contribution in [0.15, 0.2) is 18.3 Å². The van der Waals surface area contributed by atoms with Crippen LogP contribution < -0.4 is 10.1 Å². The second-order valence-corrected chi connectivity index (χ2v) is 5.53. The minimum atomic E-state index is 0.0965. The van der Waals surface area contributed by atoms with Crippen molar-refractivity contribution in [3.8, 4) is 5.75 Å². The van der Waals surface area contributed by atoms with Crippen LogP contribution in [-0.4, -0.2) is 23.4 Å². The van der Waals surface area contributed by atoms with Crippen molar-refractivity contribution in [2.24, 2.45) is 7.05 Å². The highest BCUT2D eigenvalue weighted by Gasteiger charge is 2.23. The number of hydrogen-bond acceptors (Lipinski definition) is 3. The molecule has 21 heavy (non-hydrogen) atoms. The number of ether oxygens (including phenoxy) is 1. The van der Waals surface area contributed by atoms with Gasteiger partial charge >= 0.3 is 0 Å². The third-order valence-electron chi connectivity index (χ3n) is 3.77. The first kappa shape index (κ1) is 15.6. The number of benzene rings is 1. The van der Waals surface area contributed by atoms with Gasteiger partial charge in [0.2, 0.25) is 0 Å². The van der Waals surface area contributed by atoms with E-state index >= 15 is 0 Å². The third-order valence-corrected chi connectivity index (χ3v) is 3.77. The Morgan fingerprint density at radius 3 is 2.52 bits per heavy atom. The quantitative estimate of drug-likeness (QED) is 0.918. The molecule has 0 aliphatic carbocycles. The summed E-state index contributed by atoms with van der Waals surface area (Å²) in [7, 11) is 3.69. The zero-order valence-corrected chi connectivity index (χ0v) is 13.8. The zero-order valence-electron chi connectivity index (χ0n) is 13.8. The summed E-state index contributed by atoms with van der Waals surface area (Å²) in [6.45, 7) is 9.29. The Morgan fingerprint density at radius 1 is 1.29 bits per heavy atom. The van der Waals surface area contributed by atoms with Crippen molar-refractivity contribution in [2.45, 2.75) is 33.7 Å². The van der Waals surface area contributed by atoms with Gasteiger partial charge in [-0.1, -0.05) is 13.0 Å². The van der Waals surface area contributed by atoms with Crippen LogP contribution in [0.4, 0.5) is 0 Å². The zero-order chi connectivity index (χ0) is 15.6. The smallest absolute Gasteiger partial charge is 0.124 e. The van der Waals surface area contributed by atoms with Gasteiger partial charge in [-0.2, -0.15) is 5.10 Å². The molecule has 1 unspecified atom stereocenters. The molecule has 1 atom stereocenters. The summed E-state index contributed by atoms with van der Waals surface area (Å²) >= 11 is 0. The molecule has 0 bridgehead atoms. The van der Waals surface area contributed by atoms with Crippen molar-refractivity contribution in [1.82, 2.24) is 15.1 Å². The fourth-order valence-electron chi connectivity index (χ4n) is 2.95. The molecule has 0 aliphatic heterocycles. The summed E-state index contributed by atoms with van der Waals surface area (Å²) in [4.78, 5) is 0. The van der Waals surface area contributed by atoms with E-state index in [4.69, 9.17) is 4.74 Å². The minimum absolute atomic E-state index is 0.0965. The molecule has 0 saturated carbocycles. The summed E-state index contributed by atoms with van der Waals surface area (Å²) in [5.41, 5.74) is 5.89. The van der Waals surface area contributed by atoms with Crippen LogP contribution in [0.3, 0.4) is 0 Å². The molecule has 2 rings (SSSR count). The first-order valence-corrected chi connectivity index (χ1v) is 7.36. The average Bonchev–Trinajstić information content (AvgIpc) is 2.75.